The van der Waals surface area contributed by atoms with Gasteiger partial charge >= 0.3 is 0 Å². The van der Waals surface area contributed by atoms with Crippen LogP contribution in [-0.2, 0) is 0 Å². The third-order valence-electron chi connectivity index (χ3n) is 2.52. The molecule has 1 heterocycles. The fraction of sp³-hybridized carbons (Fsp3) is 0.286. The first kappa shape index (κ1) is 14.4. The Kier molecular flexibility index (Phi) is 5.24. The summed E-state index contributed by atoms with van der Waals surface area (Å²) in [5, 5.41) is 0. The van der Waals surface area contributed by atoms with Crippen LogP contribution in [0.1, 0.15) is 17.9 Å². The van der Waals surface area contributed by atoms with Crippen LogP contribution in [-0.4, -0.2) is 13.2 Å². The van der Waals surface area contributed by atoms with Crippen molar-refractivity contribution in [2.45, 2.75) is 13.0 Å². The monoisotopic (exact) mass is 341 g/mol. The Morgan fingerprint density at radius 2 is 2.05 bits per heavy atom. The molecule has 1 atom stereocenters. The van der Waals surface area contributed by atoms with Gasteiger partial charge in [-0.3, -0.25) is 0 Å². The van der Waals surface area contributed by atoms with Crippen molar-refractivity contribution in [3.05, 3.63) is 45.1 Å². The molecule has 0 bridgehead atoms. The van der Waals surface area contributed by atoms with E-state index in [1.165, 1.54) is 0 Å². The van der Waals surface area contributed by atoms with Crippen molar-refractivity contribution in [3.63, 3.8) is 0 Å². The summed E-state index contributed by atoms with van der Waals surface area (Å²) in [4.78, 5) is 1.11. The van der Waals surface area contributed by atoms with Crippen LogP contribution in [0.3, 0.4) is 0 Å². The Balaban J connectivity index is 2.11. The second kappa shape index (κ2) is 6.93. The van der Waals surface area contributed by atoms with E-state index in [-0.39, 0.29) is 6.10 Å². The highest BCUT2D eigenvalue weighted by atomic mass is 79.9. The van der Waals surface area contributed by atoms with Crippen molar-refractivity contribution in [2.75, 3.05) is 13.2 Å². The van der Waals surface area contributed by atoms with Crippen LogP contribution in [0.4, 0.5) is 0 Å². The van der Waals surface area contributed by atoms with Gasteiger partial charge in [-0.15, -0.1) is 11.3 Å². The Morgan fingerprint density at radius 3 is 2.68 bits per heavy atom. The minimum Gasteiger partial charge on any atom is -0.494 e. The van der Waals surface area contributed by atoms with E-state index >= 15 is 0 Å². The molecular weight excluding hydrogens is 326 g/mol. The van der Waals surface area contributed by atoms with E-state index in [1.54, 1.807) is 11.3 Å². The fourth-order valence-electron chi connectivity index (χ4n) is 1.69. The van der Waals surface area contributed by atoms with Crippen molar-refractivity contribution < 1.29 is 9.47 Å². The molecule has 2 N–H and O–H groups in total. The molecule has 0 aliphatic heterocycles. The van der Waals surface area contributed by atoms with Gasteiger partial charge in [-0.05, 0) is 47.1 Å². The van der Waals surface area contributed by atoms with E-state index in [1.807, 2.05) is 43.3 Å². The number of ether oxygens (including phenoxy) is 2. The molecule has 0 amide bonds. The van der Waals surface area contributed by atoms with Crippen LogP contribution in [0.15, 0.2) is 40.2 Å². The molecule has 102 valence electrons. The minimum absolute atomic E-state index is 0.131. The van der Waals surface area contributed by atoms with Gasteiger partial charge in [0, 0.05) is 17.5 Å². The largest absolute Gasteiger partial charge is 0.494 e. The Bertz CT molecular complexity index is 530. The summed E-state index contributed by atoms with van der Waals surface area (Å²) in [5.41, 5.74) is 5.79. The zero-order valence-electron chi connectivity index (χ0n) is 10.6. The molecule has 5 heteroatoms. The normalized spacial score (nSPS) is 12.2. The minimum atomic E-state index is -0.131. The van der Waals surface area contributed by atoms with E-state index in [9.17, 15) is 0 Å². The second-order valence-electron chi connectivity index (χ2n) is 3.89. The van der Waals surface area contributed by atoms with E-state index in [4.69, 9.17) is 15.2 Å². The van der Waals surface area contributed by atoms with Crippen LogP contribution in [0.5, 0.6) is 11.5 Å². The molecule has 0 saturated heterocycles. The van der Waals surface area contributed by atoms with Crippen LogP contribution < -0.4 is 15.2 Å². The lowest BCUT2D eigenvalue weighted by molar-refractivity contribution is 0.216. The van der Waals surface area contributed by atoms with Gasteiger partial charge < -0.3 is 15.2 Å². The van der Waals surface area contributed by atoms with Crippen molar-refractivity contribution in [2.24, 2.45) is 5.73 Å². The van der Waals surface area contributed by atoms with Gasteiger partial charge in [0.2, 0.25) is 0 Å². The van der Waals surface area contributed by atoms with Crippen molar-refractivity contribution in [1.82, 2.24) is 0 Å². The number of benzene rings is 1. The van der Waals surface area contributed by atoms with Gasteiger partial charge in [0.25, 0.3) is 0 Å². The lowest BCUT2D eigenvalue weighted by Crippen LogP contribution is -2.17. The maximum atomic E-state index is 5.93. The fourth-order valence-corrected chi connectivity index (χ4v) is 3.16. The number of thiophene rings is 1. The highest BCUT2D eigenvalue weighted by Gasteiger charge is 2.14. The lowest BCUT2D eigenvalue weighted by Gasteiger charge is -2.16. The lowest BCUT2D eigenvalue weighted by atomic mass is 10.2. The number of hydrogen-bond acceptors (Lipinski definition) is 4. The Morgan fingerprint density at radius 1 is 1.26 bits per heavy atom. The molecule has 1 aromatic heterocycles. The predicted molar refractivity (Wildman–Crippen MR) is 82.1 cm³/mol. The predicted octanol–water partition coefficient (Wildman–Crippen LogP) is 3.99. The average Bonchev–Trinajstić information content (AvgIpc) is 2.83. The molecule has 0 spiro atoms. The summed E-state index contributed by atoms with van der Waals surface area (Å²) in [7, 11) is 0. The molecule has 0 aliphatic carbocycles. The second-order valence-corrected chi connectivity index (χ2v) is 6.39. The molecule has 1 aromatic carbocycles. The summed E-state index contributed by atoms with van der Waals surface area (Å²) >= 11 is 5.08. The zero-order chi connectivity index (χ0) is 13.7. The number of halogens is 1. The van der Waals surface area contributed by atoms with Crippen molar-refractivity contribution in [1.29, 1.82) is 0 Å². The Labute approximate surface area is 125 Å². The molecule has 2 aromatic rings. The van der Waals surface area contributed by atoms with E-state index in [0.717, 1.165) is 20.2 Å². The van der Waals surface area contributed by atoms with Gasteiger partial charge in [-0.25, -0.2) is 0 Å². The van der Waals surface area contributed by atoms with Crippen molar-refractivity contribution >= 4 is 27.3 Å². The molecule has 3 nitrogen and oxygen atoms in total. The number of rotatable bonds is 6. The Hall–Kier alpha value is -1.04. The van der Waals surface area contributed by atoms with E-state index < -0.39 is 0 Å². The molecule has 2 rings (SSSR count). The standard InChI is InChI=1S/C14H16BrNO2S/c1-2-17-10-4-3-5-11(8-10)18-12(9-16)13-6-7-14(15)19-13/h3-8,12H,2,9,16H2,1H3. The molecule has 19 heavy (non-hydrogen) atoms. The first-order valence-electron chi connectivity index (χ1n) is 6.07. The van der Waals surface area contributed by atoms with Crippen LogP contribution in [0, 0.1) is 0 Å². The smallest absolute Gasteiger partial charge is 0.145 e. The summed E-state index contributed by atoms with van der Waals surface area (Å²) in [6.07, 6.45) is -0.131. The van der Waals surface area contributed by atoms with Gasteiger partial charge in [-0.2, -0.15) is 0 Å². The molecule has 1 unspecified atom stereocenters. The molecule has 0 saturated carbocycles. The topological polar surface area (TPSA) is 44.5 Å². The molecule has 0 radical (unpaired) electrons. The van der Waals surface area contributed by atoms with Gasteiger partial charge in [0.15, 0.2) is 0 Å². The van der Waals surface area contributed by atoms with Crippen LogP contribution >= 0.6 is 27.3 Å². The van der Waals surface area contributed by atoms with Gasteiger partial charge in [-0.1, -0.05) is 6.07 Å². The maximum Gasteiger partial charge on any atom is 0.145 e. The third kappa shape index (κ3) is 3.96. The van der Waals surface area contributed by atoms with Gasteiger partial charge in [0.05, 0.1) is 10.4 Å². The van der Waals surface area contributed by atoms with Crippen LogP contribution in [0.25, 0.3) is 0 Å². The van der Waals surface area contributed by atoms with E-state index in [0.29, 0.717) is 13.2 Å². The summed E-state index contributed by atoms with van der Waals surface area (Å²) < 4.78 is 12.5. The number of hydrogen-bond donors (Lipinski definition) is 1. The number of nitrogens with two attached hydrogens (primary N) is 1. The highest BCUT2D eigenvalue weighted by molar-refractivity contribution is 9.11. The van der Waals surface area contributed by atoms with E-state index in [2.05, 4.69) is 15.9 Å². The molecule has 0 fully saturated rings. The summed E-state index contributed by atoms with van der Waals surface area (Å²) in [6.45, 7) is 3.03. The SMILES string of the molecule is CCOc1cccc(OC(CN)c2ccc(Br)s2)c1. The first-order valence-corrected chi connectivity index (χ1v) is 7.68. The third-order valence-corrected chi connectivity index (χ3v) is 4.24. The van der Waals surface area contributed by atoms with Crippen molar-refractivity contribution in [3.8, 4) is 11.5 Å². The van der Waals surface area contributed by atoms with Crippen LogP contribution in [0.2, 0.25) is 0 Å². The molecular formula is C14H16BrNO2S. The molecule has 0 aliphatic rings. The summed E-state index contributed by atoms with van der Waals surface area (Å²) in [5.74, 6) is 1.58. The van der Waals surface area contributed by atoms with Gasteiger partial charge in [0.1, 0.15) is 17.6 Å². The zero-order valence-corrected chi connectivity index (χ0v) is 13.0. The quantitative estimate of drug-likeness (QED) is 0.863. The average molecular weight is 342 g/mol. The first-order chi connectivity index (χ1) is 9.22. The highest BCUT2D eigenvalue weighted by Crippen LogP contribution is 2.31. The summed E-state index contributed by atoms with van der Waals surface area (Å²) in [6, 6.07) is 11.7. The maximum absolute atomic E-state index is 5.93.